The molecule has 1 heterocycles. The van der Waals surface area contributed by atoms with Crippen LogP contribution in [0.15, 0.2) is 24.3 Å². The number of nitrogens with zero attached hydrogens (tertiary/aromatic N) is 1. The van der Waals surface area contributed by atoms with Crippen molar-refractivity contribution in [1.82, 2.24) is 0 Å². The standard InChI is InChI=1S/C8H7NO2/c10-5-9-6-11-8-4-2-1-3-7(8)9/h1-5H,6H2. The Balaban J connectivity index is 2.46. The summed E-state index contributed by atoms with van der Waals surface area (Å²) in [4.78, 5) is 11.9. The molecule has 1 aliphatic heterocycles. The smallest absolute Gasteiger partial charge is 0.216 e. The van der Waals surface area contributed by atoms with E-state index in [4.69, 9.17) is 4.74 Å². The van der Waals surface area contributed by atoms with Crippen molar-refractivity contribution < 1.29 is 9.53 Å². The van der Waals surface area contributed by atoms with Crippen molar-refractivity contribution in [3.63, 3.8) is 0 Å². The molecule has 0 aromatic heterocycles. The van der Waals surface area contributed by atoms with Crippen LogP contribution in [-0.4, -0.2) is 13.1 Å². The Hall–Kier alpha value is -1.51. The average Bonchev–Trinajstić information content (AvgIpc) is 2.47. The molecule has 0 aliphatic carbocycles. The molecule has 0 bridgehead atoms. The third-order valence-electron chi connectivity index (χ3n) is 1.66. The molecule has 56 valence electrons. The second-order valence-corrected chi connectivity index (χ2v) is 2.32. The Bertz CT molecular complexity index is 285. The molecule has 1 aliphatic rings. The second-order valence-electron chi connectivity index (χ2n) is 2.32. The maximum Gasteiger partial charge on any atom is 0.216 e. The highest BCUT2D eigenvalue weighted by Gasteiger charge is 2.17. The number of ether oxygens (including phenoxy) is 1. The fourth-order valence-corrected chi connectivity index (χ4v) is 1.11. The highest BCUT2D eigenvalue weighted by molar-refractivity contribution is 5.80. The average molecular weight is 149 g/mol. The Morgan fingerprint density at radius 1 is 1.45 bits per heavy atom. The van der Waals surface area contributed by atoms with E-state index >= 15 is 0 Å². The van der Waals surface area contributed by atoms with Gasteiger partial charge in [-0.2, -0.15) is 0 Å². The SMILES string of the molecule is O=CN1COc2ccccc21. The van der Waals surface area contributed by atoms with Crippen LogP contribution in [0.25, 0.3) is 0 Å². The number of rotatable bonds is 1. The number of carbonyl (C=O) groups excluding carboxylic acids is 1. The van der Waals surface area contributed by atoms with Gasteiger partial charge in [0, 0.05) is 0 Å². The van der Waals surface area contributed by atoms with Crippen LogP contribution in [0.5, 0.6) is 5.75 Å². The molecule has 11 heavy (non-hydrogen) atoms. The van der Waals surface area contributed by atoms with Crippen molar-refractivity contribution in [2.75, 3.05) is 11.6 Å². The first-order chi connectivity index (χ1) is 5.42. The fraction of sp³-hybridized carbons (Fsp3) is 0.125. The summed E-state index contributed by atoms with van der Waals surface area (Å²) >= 11 is 0. The van der Waals surface area contributed by atoms with Crippen molar-refractivity contribution in [3.05, 3.63) is 24.3 Å². The van der Waals surface area contributed by atoms with Gasteiger partial charge in [-0.1, -0.05) is 12.1 Å². The molecule has 0 radical (unpaired) electrons. The zero-order valence-corrected chi connectivity index (χ0v) is 5.86. The second kappa shape index (κ2) is 2.27. The summed E-state index contributed by atoms with van der Waals surface area (Å²) in [5.74, 6) is 0.777. The number of hydrogen-bond donors (Lipinski definition) is 0. The number of para-hydroxylation sites is 2. The molecule has 3 heteroatoms. The van der Waals surface area contributed by atoms with E-state index in [2.05, 4.69) is 0 Å². The number of amides is 1. The molecular formula is C8H7NO2. The van der Waals surface area contributed by atoms with Gasteiger partial charge in [-0.3, -0.25) is 9.69 Å². The van der Waals surface area contributed by atoms with Crippen molar-refractivity contribution >= 4 is 12.1 Å². The van der Waals surface area contributed by atoms with Crippen molar-refractivity contribution in [2.45, 2.75) is 0 Å². The predicted molar refractivity (Wildman–Crippen MR) is 40.5 cm³/mol. The van der Waals surface area contributed by atoms with Crippen LogP contribution in [0.1, 0.15) is 0 Å². The normalized spacial score (nSPS) is 14.0. The molecular weight excluding hydrogens is 142 g/mol. The third-order valence-corrected chi connectivity index (χ3v) is 1.66. The van der Waals surface area contributed by atoms with E-state index in [-0.39, 0.29) is 0 Å². The van der Waals surface area contributed by atoms with Gasteiger partial charge in [0.15, 0.2) is 6.73 Å². The number of hydrogen-bond acceptors (Lipinski definition) is 2. The van der Waals surface area contributed by atoms with Crippen molar-refractivity contribution in [3.8, 4) is 5.75 Å². The van der Waals surface area contributed by atoms with Crippen molar-refractivity contribution in [1.29, 1.82) is 0 Å². The first-order valence-electron chi connectivity index (χ1n) is 3.35. The van der Waals surface area contributed by atoms with Gasteiger partial charge >= 0.3 is 0 Å². The molecule has 1 amide bonds. The summed E-state index contributed by atoms with van der Waals surface area (Å²) in [5, 5.41) is 0. The lowest BCUT2D eigenvalue weighted by molar-refractivity contribution is -0.107. The highest BCUT2D eigenvalue weighted by Crippen LogP contribution is 2.31. The Morgan fingerprint density at radius 2 is 2.27 bits per heavy atom. The predicted octanol–water partition coefficient (Wildman–Crippen LogP) is 0.999. The summed E-state index contributed by atoms with van der Waals surface area (Å²) in [7, 11) is 0. The lowest BCUT2D eigenvalue weighted by Crippen LogP contribution is -2.19. The lowest BCUT2D eigenvalue weighted by atomic mass is 10.3. The number of carbonyl (C=O) groups is 1. The van der Waals surface area contributed by atoms with Gasteiger partial charge in [-0.25, -0.2) is 0 Å². The van der Waals surface area contributed by atoms with Crippen molar-refractivity contribution in [2.24, 2.45) is 0 Å². The topological polar surface area (TPSA) is 29.5 Å². The van der Waals surface area contributed by atoms with Crippen LogP contribution in [0.2, 0.25) is 0 Å². The summed E-state index contributed by atoms with van der Waals surface area (Å²) in [6.07, 6.45) is 0.770. The van der Waals surface area contributed by atoms with Gasteiger partial charge in [0.2, 0.25) is 6.41 Å². The molecule has 0 fully saturated rings. The van der Waals surface area contributed by atoms with Gasteiger partial charge in [0.1, 0.15) is 5.75 Å². The minimum atomic E-state index is 0.336. The van der Waals surface area contributed by atoms with E-state index in [1.165, 1.54) is 4.90 Å². The van der Waals surface area contributed by atoms with Crippen LogP contribution in [0, 0.1) is 0 Å². The van der Waals surface area contributed by atoms with Crippen LogP contribution in [0.3, 0.4) is 0 Å². The molecule has 1 aromatic carbocycles. The van der Waals surface area contributed by atoms with E-state index in [0.717, 1.165) is 17.8 Å². The maximum atomic E-state index is 10.4. The minimum absolute atomic E-state index is 0.336. The molecule has 0 unspecified atom stereocenters. The quantitative estimate of drug-likeness (QED) is 0.557. The Morgan fingerprint density at radius 3 is 3.09 bits per heavy atom. The molecule has 0 spiro atoms. The van der Waals surface area contributed by atoms with Crippen LogP contribution in [0.4, 0.5) is 5.69 Å². The molecule has 2 rings (SSSR count). The van der Waals surface area contributed by atoms with Gasteiger partial charge in [0.25, 0.3) is 0 Å². The van der Waals surface area contributed by atoms with E-state index < -0.39 is 0 Å². The molecule has 0 N–H and O–H groups in total. The summed E-state index contributed by atoms with van der Waals surface area (Å²) in [6.45, 7) is 0.336. The summed E-state index contributed by atoms with van der Waals surface area (Å²) in [6, 6.07) is 7.46. The first kappa shape index (κ1) is 6.22. The number of fused-ring (bicyclic) bond motifs is 1. The van der Waals surface area contributed by atoms with E-state index in [1.54, 1.807) is 0 Å². The van der Waals surface area contributed by atoms with Crippen LogP contribution >= 0.6 is 0 Å². The summed E-state index contributed by atoms with van der Waals surface area (Å²) < 4.78 is 5.20. The first-order valence-corrected chi connectivity index (χ1v) is 3.35. The lowest BCUT2D eigenvalue weighted by Gasteiger charge is -2.03. The highest BCUT2D eigenvalue weighted by atomic mass is 16.5. The molecule has 0 atom stereocenters. The van der Waals surface area contributed by atoms with E-state index in [9.17, 15) is 4.79 Å². The fourth-order valence-electron chi connectivity index (χ4n) is 1.11. The van der Waals surface area contributed by atoms with Crippen LogP contribution in [-0.2, 0) is 4.79 Å². The van der Waals surface area contributed by atoms with Gasteiger partial charge < -0.3 is 4.74 Å². The zero-order chi connectivity index (χ0) is 7.68. The van der Waals surface area contributed by atoms with E-state index in [0.29, 0.717) is 6.73 Å². The zero-order valence-electron chi connectivity index (χ0n) is 5.86. The molecule has 0 saturated carbocycles. The van der Waals surface area contributed by atoms with Gasteiger partial charge in [0.05, 0.1) is 5.69 Å². The monoisotopic (exact) mass is 149 g/mol. The largest absolute Gasteiger partial charge is 0.470 e. The summed E-state index contributed by atoms with van der Waals surface area (Å²) in [5.41, 5.74) is 0.850. The minimum Gasteiger partial charge on any atom is -0.470 e. The molecule has 1 aromatic rings. The molecule has 0 saturated heterocycles. The number of benzene rings is 1. The van der Waals surface area contributed by atoms with Gasteiger partial charge in [-0.15, -0.1) is 0 Å². The maximum absolute atomic E-state index is 10.4. The van der Waals surface area contributed by atoms with Gasteiger partial charge in [-0.05, 0) is 12.1 Å². The third kappa shape index (κ3) is 0.852. The van der Waals surface area contributed by atoms with Crippen LogP contribution < -0.4 is 9.64 Å². The Kier molecular flexibility index (Phi) is 1.28. The Labute approximate surface area is 64.2 Å². The molecule has 3 nitrogen and oxygen atoms in total. The number of anilines is 1. The van der Waals surface area contributed by atoms with E-state index in [1.807, 2.05) is 24.3 Å².